The summed E-state index contributed by atoms with van der Waals surface area (Å²) in [6.07, 6.45) is 0. The van der Waals surface area contributed by atoms with E-state index in [0.717, 1.165) is 5.56 Å². The van der Waals surface area contributed by atoms with Crippen LogP contribution in [-0.4, -0.2) is 0 Å². The maximum absolute atomic E-state index is 7.82. The molecule has 0 saturated heterocycles. The Bertz CT molecular complexity index is 668. The van der Waals surface area contributed by atoms with Crippen molar-refractivity contribution in [3.05, 3.63) is 104 Å². The summed E-state index contributed by atoms with van der Waals surface area (Å²) in [7, 11) is 3.53. The van der Waals surface area contributed by atoms with E-state index in [-0.39, 0.29) is 7.43 Å². The van der Waals surface area contributed by atoms with Gasteiger partial charge < -0.3 is 13.2 Å². The van der Waals surface area contributed by atoms with Crippen LogP contribution in [0.2, 0.25) is 0 Å². The van der Waals surface area contributed by atoms with Crippen molar-refractivity contribution in [1.82, 2.24) is 0 Å². The topological polar surface area (TPSA) is 23.8 Å². The minimum absolute atomic E-state index is 0. The summed E-state index contributed by atoms with van der Waals surface area (Å²) in [4.78, 5) is 0. The predicted octanol–water partition coefficient (Wildman–Crippen LogP) is 4.87. The van der Waals surface area contributed by atoms with Gasteiger partial charge in [0.2, 0.25) is 0 Å². The van der Waals surface area contributed by atoms with Gasteiger partial charge in [-0.25, -0.2) is 0 Å². The van der Waals surface area contributed by atoms with Crippen LogP contribution in [-0.2, 0) is 23.9 Å². The Balaban J connectivity index is 0.000000925. The zero-order chi connectivity index (χ0) is 16.5. The molecule has 0 fully saturated rings. The second-order valence-electron chi connectivity index (χ2n) is 4.94. The fraction of sp³-hybridized carbons (Fsp3) is 0.0500. The average molecular weight is 443 g/mol. The van der Waals surface area contributed by atoms with E-state index < -0.39 is 7.92 Å². The van der Waals surface area contributed by atoms with Crippen LogP contribution in [0.5, 0.6) is 0 Å². The quantitative estimate of drug-likeness (QED) is 0.313. The molecule has 0 bridgehead atoms. The Morgan fingerprint density at radius 2 is 1.12 bits per heavy atom. The molecule has 0 aliphatic rings. The van der Waals surface area contributed by atoms with Gasteiger partial charge in [0, 0.05) is 0 Å². The van der Waals surface area contributed by atoms with Crippen molar-refractivity contribution in [1.29, 1.82) is 0 Å². The molecule has 4 heteroatoms. The predicted molar refractivity (Wildman–Crippen MR) is 107 cm³/mol. The summed E-state index contributed by atoms with van der Waals surface area (Å²) in [5.41, 5.74) is 8.96. The monoisotopic (exact) mass is 443 g/mol. The van der Waals surface area contributed by atoms with Gasteiger partial charge >= 0.3 is 27.0 Å². The number of nitrogens with one attached hydrogen (secondary N) is 1. The molecular formula is C20H21ClNPRu+. The van der Waals surface area contributed by atoms with E-state index >= 15 is 0 Å². The molecule has 0 aliphatic heterocycles. The molecule has 0 atom stereocenters. The van der Waals surface area contributed by atoms with E-state index in [1.54, 1.807) is 0 Å². The van der Waals surface area contributed by atoms with Crippen LogP contribution in [0.3, 0.4) is 0 Å². The minimum Gasteiger partial charge on any atom is -0.674 e. The van der Waals surface area contributed by atoms with Gasteiger partial charge in [-0.05, 0) is 35.9 Å². The molecule has 0 amide bonds. The summed E-state index contributed by atoms with van der Waals surface area (Å²) in [5.74, 6) is 0. The fourth-order valence-electron chi connectivity index (χ4n) is 2.61. The third kappa shape index (κ3) is 5.23. The zero-order valence-corrected chi connectivity index (χ0v) is 17.0. The molecule has 0 unspecified atom stereocenters. The largest absolute Gasteiger partial charge is 0.674 e. The molecule has 3 aromatic carbocycles. The molecule has 1 nitrogen and oxygen atoms in total. The molecule has 3 aromatic rings. The molecule has 0 spiro atoms. The molecule has 3 rings (SSSR count). The zero-order valence-electron chi connectivity index (χ0n) is 13.5. The van der Waals surface area contributed by atoms with E-state index in [2.05, 4.69) is 88.6 Å². The third-order valence-electron chi connectivity index (χ3n) is 3.60. The SMILES string of the molecule is [CH3-].[Cl][Ru+2].[NH-]Cc1ccccc1[PH+](c1ccccc1)c1ccccc1. The number of hydrogen-bond acceptors (Lipinski definition) is 0. The van der Waals surface area contributed by atoms with Crippen molar-refractivity contribution < 1.29 is 17.3 Å². The second-order valence-corrected chi connectivity index (χ2v) is 7.38. The van der Waals surface area contributed by atoms with Crippen molar-refractivity contribution in [2.24, 2.45) is 0 Å². The summed E-state index contributed by atoms with van der Waals surface area (Å²) in [6, 6.07) is 29.8. The van der Waals surface area contributed by atoms with Crippen LogP contribution < -0.4 is 15.9 Å². The first kappa shape index (κ1) is 21.0. The van der Waals surface area contributed by atoms with Crippen molar-refractivity contribution in [2.45, 2.75) is 6.54 Å². The molecular weight excluding hydrogens is 422 g/mol. The molecule has 0 heterocycles. The first-order valence-electron chi connectivity index (χ1n) is 7.24. The summed E-state index contributed by atoms with van der Waals surface area (Å²) < 4.78 is 0. The van der Waals surface area contributed by atoms with Crippen LogP contribution in [0.1, 0.15) is 5.56 Å². The number of rotatable bonds is 4. The maximum atomic E-state index is 7.82. The molecule has 0 saturated carbocycles. The van der Waals surface area contributed by atoms with E-state index in [0.29, 0.717) is 6.54 Å². The molecule has 24 heavy (non-hydrogen) atoms. The van der Waals surface area contributed by atoms with Crippen molar-refractivity contribution in [2.75, 3.05) is 0 Å². The number of hydrogen-bond donors (Lipinski definition) is 0. The fourth-order valence-corrected chi connectivity index (χ4v) is 5.37. The van der Waals surface area contributed by atoms with Crippen LogP contribution in [0, 0.1) is 7.43 Å². The van der Waals surface area contributed by atoms with Crippen LogP contribution in [0.4, 0.5) is 0 Å². The summed E-state index contributed by atoms with van der Waals surface area (Å²) in [6.45, 7) is 0.337. The van der Waals surface area contributed by atoms with E-state index in [1.807, 2.05) is 23.4 Å². The minimum atomic E-state index is -1.04. The van der Waals surface area contributed by atoms with Gasteiger partial charge in [0.15, 0.2) is 0 Å². The van der Waals surface area contributed by atoms with Crippen molar-refractivity contribution in [3.63, 3.8) is 0 Å². The number of halogens is 1. The molecule has 0 radical (unpaired) electrons. The van der Waals surface area contributed by atoms with Gasteiger partial charge in [-0.15, -0.1) is 6.54 Å². The molecule has 125 valence electrons. The summed E-state index contributed by atoms with van der Waals surface area (Å²) in [5, 5.41) is 4.07. The summed E-state index contributed by atoms with van der Waals surface area (Å²) >= 11 is 1.82. The van der Waals surface area contributed by atoms with Crippen LogP contribution in [0.15, 0.2) is 84.9 Å². The van der Waals surface area contributed by atoms with E-state index in [1.165, 1.54) is 15.9 Å². The second kappa shape index (κ2) is 11.5. The Labute approximate surface area is 160 Å². The van der Waals surface area contributed by atoms with Gasteiger partial charge in [0.1, 0.15) is 15.9 Å². The van der Waals surface area contributed by atoms with Crippen LogP contribution in [0.25, 0.3) is 5.73 Å². The first-order valence-corrected chi connectivity index (χ1v) is 11.0. The average Bonchev–Trinajstić information content (AvgIpc) is 2.66. The van der Waals surface area contributed by atoms with Crippen LogP contribution >= 0.6 is 17.6 Å². The van der Waals surface area contributed by atoms with Gasteiger partial charge in [-0.2, -0.15) is 0 Å². The Hall–Kier alpha value is -1.04. The van der Waals surface area contributed by atoms with Gasteiger partial charge in [-0.1, -0.05) is 54.6 Å². The molecule has 0 aliphatic carbocycles. The van der Waals surface area contributed by atoms with E-state index in [4.69, 9.17) is 5.73 Å². The van der Waals surface area contributed by atoms with Gasteiger partial charge in [0.25, 0.3) is 0 Å². The standard InChI is InChI=1S/C19H17NP.CH3.ClH.Ru/c20-15-16-9-7-8-14-19(16)21(17-10-3-1-4-11-17)18-12-5-2-6-13-18;;;/h1-14,20H,15H2;1H3;1H;/q2*-1;;+3. The van der Waals surface area contributed by atoms with Crippen molar-refractivity contribution in [3.8, 4) is 0 Å². The molecule has 1 N–H and O–H groups in total. The van der Waals surface area contributed by atoms with Gasteiger partial charge in [0.05, 0.1) is 7.92 Å². The normalized spacial score (nSPS) is 9.62. The first-order chi connectivity index (χ1) is 11.4. The Kier molecular flexibility index (Phi) is 10.1. The maximum Gasteiger partial charge on any atom is 0.103 e. The van der Waals surface area contributed by atoms with E-state index in [9.17, 15) is 0 Å². The third-order valence-corrected chi connectivity index (χ3v) is 6.45. The number of benzene rings is 3. The molecule has 0 aromatic heterocycles. The van der Waals surface area contributed by atoms with Crippen molar-refractivity contribution >= 4 is 33.5 Å². The van der Waals surface area contributed by atoms with Gasteiger partial charge in [-0.3, -0.25) is 0 Å². The smallest absolute Gasteiger partial charge is 0.103 e. The Morgan fingerprint density at radius 1 is 0.708 bits per heavy atom. The Morgan fingerprint density at radius 3 is 1.58 bits per heavy atom.